The van der Waals surface area contributed by atoms with Crippen molar-refractivity contribution in [2.24, 2.45) is 4.99 Å². The summed E-state index contributed by atoms with van der Waals surface area (Å²) in [6.45, 7) is 4.01. The molecule has 7 heteroatoms. The second kappa shape index (κ2) is 13.6. The molecule has 1 heterocycles. The van der Waals surface area contributed by atoms with Gasteiger partial charge in [0.1, 0.15) is 0 Å². The number of guanidine groups is 1. The van der Waals surface area contributed by atoms with E-state index in [1.165, 1.54) is 5.56 Å². The summed E-state index contributed by atoms with van der Waals surface area (Å²) in [7, 11) is 1.78. The molecule has 0 aromatic heterocycles. The van der Waals surface area contributed by atoms with Crippen LogP contribution in [0.25, 0.3) is 0 Å². The van der Waals surface area contributed by atoms with Crippen LogP contribution in [0.4, 0.5) is 0 Å². The molecular formula is C18H29ClIN3O2. The Labute approximate surface area is 172 Å². The second-order valence-electron chi connectivity index (χ2n) is 5.87. The van der Waals surface area contributed by atoms with Gasteiger partial charge in [-0.2, -0.15) is 0 Å². The molecule has 0 bridgehead atoms. The van der Waals surface area contributed by atoms with E-state index in [1.54, 1.807) is 7.05 Å². The van der Waals surface area contributed by atoms with Gasteiger partial charge >= 0.3 is 0 Å². The highest BCUT2D eigenvalue weighted by atomic mass is 127. The fourth-order valence-electron chi connectivity index (χ4n) is 2.57. The third kappa shape index (κ3) is 9.63. The van der Waals surface area contributed by atoms with Crippen LogP contribution in [0, 0.1) is 0 Å². The SMILES string of the molecule is CN=C(NCCCOCC1CCCO1)NCCc1ccc(Cl)cc1.I. The molecule has 2 rings (SSSR count). The van der Waals surface area contributed by atoms with Crippen molar-refractivity contribution in [3.05, 3.63) is 34.9 Å². The van der Waals surface area contributed by atoms with Gasteiger partial charge in [-0.3, -0.25) is 4.99 Å². The van der Waals surface area contributed by atoms with Crippen LogP contribution >= 0.6 is 35.6 Å². The Morgan fingerprint density at radius 1 is 1.28 bits per heavy atom. The summed E-state index contributed by atoms with van der Waals surface area (Å²) >= 11 is 5.89. The third-order valence-electron chi connectivity index (χ3n) is 3.93. The first-order valence-electron chi connectivity index (χ1n) is 8.66. The molecule has 5 nitrogen and oxygen atoms in total. The molecule has 2 N–H and O–H groups in total. The smallest absolute Gasteiger partial charge is 0.190 e. The fourth-order valence-corrected chi connectivity index (χ4v) is 2.69. The highest BCUT2D eigenvalue weighted by Crippen LogP contribution is 2.12. The molecule has 0 spiro atoms. The van der Waals surface area contributed by atoms with Crippen molar-refractivity contribution in [2.75, 3.05) is 40.0 Å². The maximum Gasteiger partial charge on any atom is 0.190 e. The lowest BCUT2D eigenvalue weighted by Crippen LogP contribution is -2.39. The summed E-state index contributed by atoms with van der Waals surface area (Å²) in [6.07, 6.45) is 4.48. The molecule has 1 fully saturated rings. The van der Waals surface area contributed by atoms with E-state index >= 15 is 0 Å². The molecule has 0 saturated carbocycles. The number of nitrogens with zero attached hydrogens (tertiary/aromatic N) is 1. The number of aliphatic imine (C=N–C) groups is 1. The van der Waals surface area contributed by atoms with E-state index in [4.69, 9.17) is 21.1 Å². The van der Waals surface area contributed by atoms with Crippen molar-refractivity contribution >= 4 is 41.5 Å². The first kappa shape index (κ1) is 22.5. The molecule has 1 aromatic rings. The van der Waals surface area contributed by atoms with Gasteiger partial charge in [-0.1, -0.05) is 23.7 Å². The Bertz CT molecular complexity index is 494. The minimum Gasteiger partial charge on any atom is -0.379 e. The number of hydrogen-bond donors (Lipinski definition) is 2. The molecule has 25 heavy (non-hydrogen) atoms. The van der Waals surface area contributed by atoms with Gasteiger partial charge in [-0.25, -0.2) is 0 Å². The van der Waals surface area contributed by atoms with Crippen LogP contribution in [0.15, 0.2) is 29.3 Å². The standard InChI is InChI=1S/C18H28ClN3O2.HI/c1-20-18(22-11-9-15-5-7-16(19)8-6-15)21-10-3-12-23-14-17-4-2-13-24-17;/h5-8,17H,2-4,9-14H2,1H3,(H2,20,21,22);1H. The lowest BCUT2D eigenvalue weighted by molar-refractivity contribution is 0.0168. The maximum absolute atomic E-state index is 5.89. The lowest BCUT2D eigenvalue weighted by Gasteiger charge is -2.13. The van der Waals surface area contributed by atoms with Crippen LogP contribution in [0.5, 0.6) is 0 Å². The number of hydrogen-bond acceptors (Lipinski definition) is 3. The molecule has 1 aliphatic rings. The Balaban J connectivity index is 0.00000312. The zero-order chi connectivity index (χ0) is 17.0. The van der Waals surface area contributed by atoms with E-state index < -0.39 is 0 Å². The topological polar surface area (TPSA) is 54.9 Å². The monoisotopic (exact) mass is 481 g/mol. The van der Waals surface area contributed by atoms with E-state index in [1.807, 2.05) is 24.3 Å². The molecule has 1 atom stereocenters. The number of rotatable bonds is 9. The van der Waals surface area contributed by atoms with Crippen molar-refractivity contribution in [1.29, 1.82) is 0 Å². The number of nitrogens with one attached hydrogen (secondary N) is 2. The van der Waals surface area contributed by atoms with Crippen molar-refractivity contribution < 1.29 is 9.47 Å². The van der Waals surface area contributed by atoms with E-state index in [-0.39, 0.29) is 24.0 Å². The summed E-state index contributed by atoms with van der Waals surface area (Å²) in [6, 6.07) is 7.93. The van der Waals surface area contributed by atoms with Crippen LogP contribution in [-0.2, 0) is 15.9 Å². The van der Waals surface area contributed by atoms with Gasteiger partial charge in [0.15, 0.2) is 5.96 Å². The van der Waals surface area contributed by atoms with Crippen LogP contribution < -0.4 is 10.6 Å². The van der Waals surface area contributed by atoms with Gasteiger partial charge in [0.2, 0.25) is 0 Å². The first-order valence-corrected chi connectivity index (χ1v) is 9.04. The summed E-state index contributed by atoms with van der Waals surface area (Å²) in [5.41, 5.74) is 1.25. The van der Waals surface area contributed by atoms with E-state index in [9.17, 15) is 0 Å². The summed E-state index contributed by atoms with van der Waals surface area (Å²) < 4.78 is 11.2. The van der Waals surface area contributed by atoms with E-state index in [2.05, 4.69) is 15.6 Å². The van der Waals surface area contributed by atoms with Gasteiger partial charge in [0, 0.05) is 38.4 Å². The summed E-state index contributed by atoms with van der Waals surface area (Å²) in [4.78, 5) is 4.23. The molecular weight excluding hydrogens is 453 g/mol. The van der Waals surface area contributed by atoms with Gasteiger partial charge in [0.25, 0.3) is 0 Å². The molecule has 0 amide bonds. The summed E-state index contributed by atoms with van der Waals surface area (Å²) in [5.74, 6) is 0.822. The number of benzene rings is 1. The molecule has 142 valence electrons. The van der Waals surface area contributed by atoms with Crippen LogP contribution in [-0.4, -0.2) is 52.0 Å². The molecule has 0 radical (unpaired) electrons. The van der Waals surface area contributed by atoms with Gasteiger partial charge in [-0.05, 0) is 43.4 Å². The Hall–Kier alpha value is -0.570. The van der Waals surface area contributed by atoms with Crippen molar-refractivity contribution in [3.8, 4) is 0 Å². The van der Waals surface area contributed by atoms with Crippen molar-refractivity contribution in [1.82, 2.24) is 10.6 Å². The molecule has 0 aliphatic carbocycles. The average molecular weight is 482 g/mol. The third-order valence-corrected chi connectivity index (χ3v) is 4.18. The number of ether oxygens (including phenoxy) is 2. The van der Waals surface area contributed by atoms with Gasteiger partial charge in [0.05, 0.1) is 12.7 Å². The van der Waals surface area contributed by atoms with Crippen LogP contribution in [0.2, 0.25) is 5.02 Å². The minimum absolute atomic E-state index is 0. The minimum atomic E-state index is 0. The van der Waals surface area contributed by atoms with E-state index in [0.717, 1.165) is 63.0 Å². The molecule has 1 aromatic carbocycles. The predicted octanol–water partition coefficient (Wildman–Crippen LogP) is 3.25. The molecule has 1 unspecified atom stereocenters. The molecule has 1 saturated heterocycles. The zero-order valence-corrected chi connectivity index (χ0v) is 17.9. The quantitative estimate of drug-likeness (QED) is 0.246. The fraction of sp³-hybridized carbons (Fsp3) is 0.611. The summed E-state index contributed by atoms with van der Waals surface area (Å²) in [5, 5.41) is 7.38. The number of halogens is 2. The first-order chi connectivity index (χ1) is 11.8. The largest absolute Gasteiger partial charge is 0.379 e. The zero-order valence-electron chi connectivity index (χ0n) is 14.8. The Morgan fingerprint density at radius 3 is 2.72 bits per heavy atom. The maximum atomic E-state index is 5.89. The normalized spacial score (nSPS) is 17.2. The van der Waals surface area contributed by atoms with Gasteiger partial charge in [-0.15, -0.1) is 24.0 Å². The highest BCUT2D eigenvalue weighted by Gasteiger charge is 2.14. The van der Waals surface area contributed by atoms with Crippen molar-refractivity contribution in [3.63, 3.8) is 0 Å². The van der Waals surface area contributed by atoms with E-state index in [0.29, 0.717) is 12.7 Å². The molecule has 1 aliphatic heterocycles. The van der Waals surface area contributed by atoms with Crippen LogP contribution in [0.3, 0.4) is 0 Å². The van der Waals surface area contributed by atoms with Crippen LogP contribution in [0.1, 0.15) is 24.8 Å². The Kier molecular flexibility index (Phi) is 12.2. The second-order valence-corrected chi connectivity index (χ2v) is 6.30. The Morgan fingerprint density at radius 2 is 2.04 bits per heavy atom. The predicted molar refractivity (Wildman–Crippen MR) is 114 cm³/mol. The van der Waals surface area contributed by atoms with Gasteiger partial charge < -0.3 is 20.1 Å². The average Bonchev–Trinajstić information content (AvgIpc) is 3.11. The highest BCUT2D eigenvalue weighted by molar-refractivity contribution is 14.0. The lowest BCUT2D eigenvalue weighted by atomic mass is 10.1. The van der Waals surface area contributed by atoms with Crippen molar-refractivity contribution in [2.45, 2.75) is 31.8 Å².